The predicted octanol–water partition coefficient (Wildman–Crippen LogP) is 5.57. The molecular weight excluding hydrogens is 396 g/mol. The quantitative estimate of drug-likeness (QED) is 0.417. The molecule has 1 N–H and O–H groups in total. The number of amides is 1. The van der Waals surface area contributed by atoms with Gasteiger partial charge in [0.25, 0.3) is 5.91 Å². The van der Waals surface area contributed by atoms with Crippen LogP contribution in [0.5, 0.6) is 0 Å². The number of nitrogens with zero attached hydrogens (tertiary/aromatic N) is 3. The topological polar surface area (TPSA) is 80.9 Å². The van der Waals surface area contributed by atoms with Gasteiger partial charge in [0.05, 0.1) is 10.2 Å². The van der Waals surface area contributed by atoms with E-state index in [4.69, 9.17) is 4.42 Å². The summed E-state index contributed by atoms with van der Waals surface area (Å²) >= 11 is 1.45. The number of carbonyl (C=O) groups excluding carboxylic acids is 1. The fourth-order valence-corrected chi connectivity index (χ4v) is 3.95. The minimum atomic E-state index is -0.216. The van der Waals surface area contributed by atoms with E-state index >= 15 is 0 Å². The van der Waals surface area contributed by atoms with Crippen molar-refractivity contribution in [3.05, 3.63) is 83.9 Å². The lowest BCUT2D eigenvalue weighted by Crippen LogP contribution is -2.11. The highest BCUT2D eigenvalue weighted by Gasteiger charge is 2.13. The molecule has 0 bridgehead atoms. The predicted molar refractivity (Wildman–Crippen MR) is 117 cm³/mol. The van der Waals surface area contributed by atoms with Crippen LogP contribution in [-0.2, 0) is 0 Å². The van der Waals surface area contributed by atoms with Crippen LogP contribution < -0.4 is 5.32 Å². The van der Waals surface area contributed by atoms with E-state index in [1.54, 1.807) is 24.3 Å². The smallest absolute Gasteiger partial charge is 0.257 e. The third kappa shape index (κ3) is 3.58. The van der Waals surface area contributed by atoms with Crippen LogP contribution in [-0.4, -0.2) is 21.1 Å². The third-order valence-electron chi connectivity index (χ3n) is 4.60. The molecule has 0 unspecified atom stereocenters. The monoisotopic (exact) mass is 412 g/mol. The standard InChI is InChI=1S/C23H16N4O2S/c1-14-5-4-6-17(13-14)22-27-26-21(29-22)16-11-9-15(10-12-16)20(28)25-23-24-18-7-2-3-8-19(18)30-23/h2-13H,1H3,(H,24,25,28). The van der Waals surface area contributed by atoms with Gasteiger partial charge in [0.15, 0.2) is 5.13 Å². The minimum Gasteiger partial charge on any atom is -0.416 e. The molecule has 0 aliphatic carbocycles. The van der Waals surface area contributed by atoms with Crippen molar-refractivity contribution >= 4 is 32.6 Å². The first-order valence-corrected chi connectivity index (χ1v) is 10.2. The molecule has 2 aromatic heterocycles. The number of benzene rings is 3. The average Bonchev–Trinajstić information content (AvgIpc) is 3.41. The number of rotatable bonds is 4. The van der Waals surface area contributed by atoms with Crippen molar-refractivity contribution in [3.8, 4) is 22.9 Å². The highest BCUT2D eigenvalue weighted by molar-refractivity contribution is 7.22. The number of nitrogens with one attached hydrogen (secondary N) is 1. The van der Waals surface area contributed by atoms with Gasteiger partial charge in [-0.2, -0.15) is 0 Å². The summed E-state index contributed by atoms with van der Waals surface area (Å²) in [5, 5.41) is 11.7. The molecule has 3 aromatic carbocycles. The summed E-state index contributed by atoms with van der Waals surface area (Å²) in [4.78, 5) is 17.0. The Morgan fingerprint density at radius 1 is 0.900 bits per heavy atom. The second kappa shape index (κ2) is 7.53. The van der Waals surface area contributed by atoms with Crippen LogP contribution in [0.1, 0.15) is 15.9 Å². The normalized spacial score (nSPS) is 11.0. The lowest BCUT2D eigenvalue weighted by Gasteiger charge is -2.02. The maximum atomic E-state index is 12.6. The molecule has 0 aliphatic rings. The first-order chi connectivity index (χ1) is 14.7. The Labute approximate surface area is 176 Å². The second-order valence-electron chi connectivity index (χ2n) is 6.80. The van der Waals surface area contributed by atoms with Gasteiger partial charge in [-0.25, -0.2) is 4.98 Å². The molecule has 6 nitrogen and oxygen atoms in total. The summed E-state index contributed by atoms with van der Waals surface area (Å²) in [6.07, 6.45) is 0. The molecule has 7 heteroatoms. The highest BCUT2D eigenvalue weighted by atomic mass is 32.1. The summed E-state index contributed by atoms with van der Waals surface area (Å²) in [7, 11) is 0. The molecule has 0 radical (unpaired) electrons. The van der Waals surface area contributed by atoms with Gasteiger partial charge in [-0.3, -0.25) is 10.1 Å². The van der Waals surface area contributed by atoms with Gasteiger partial charge >= 0.3 is 0 Å². The van der Waals surface area contributed by atoms with Crippen LogP contribution in [0.3, 0.4) is 0 Å². The van der Waals surface area contributed by atoms with Gasteiger partial charge in [0.2, 0.25) is 11.8 Å². The van der Waals surface area contributed by atoms with E-state index in [1.165, 1.54) is 11.3 Å². The summed E-state index contributed by atoms with van der Waals surface area (Å²) in [5.41, 5.74) is 4.14. The molecule has 5 aromatic rings. The lowest BCUT2D eigenvalue weighted by atomic mass is 10.1. The molecule has 0 saturated heterocycles. The number of hydrogen-bond acceptors (Lipinski definition) is 6. The van der Waals surface area contributed by atoms with Crippen LogP contribution >= 0.6 is 11.3 Å². The molecule has 5 rings (SSSR count). The fourth-order valence-electron chi connectivity index (χ4n) is 3.09. The van der Waals surface area contributed by atoms with E-state index in [0.29, 0.717) is 22.5 Å². The van der Waals surface area contributed by atoms with E-state index in [-0.39, 0.29) is 5.91 Å². The van der Waals surface area contributed by atoms with E-state index in [9.17, 15) is 4.79 Å². The van der Waals surface area contributed by atoms with Gasteiger partial charge in [0, 0.05) is 16.7 Å². The Kier molecular flexibility index (Phi) is 4.57. The summed E-state index contributed by atoms with van der Waals surface area (Å²) in [6.45, 7) is 2.01. The number of aromatic nitrogens is 3. The largest absolute Gasteiger partial charge is 0.416 e. The number of hydrogen-bond donors (Lipinski definition) is 1. The van der Waals surface area contributed by atoms with Crippen molar-refractivity contribution in [3.63, 3.8) is 0 Å². The number of para-hydroxylation sites is 1. The molecular formula is C23H16N4O2S. The number of anilines is 1. The Morgan fingerprint density at radius 2 is 1.67 bits per heavy atom. The van der Waals surface area contributed by atoms with E-state index < -0.39 is 0 Å². The maximum Gasteiger partial charge on any atom is 0.257 e. The second-order valence-corrected chi connectivity index (χ2v) is 7.83. The van der Waals surface area contributed by atoms with Crippen molar-refractivity contribution in [1.82, 2.24) is 15.2 Å². The van der Waals surface area contributed by atoms with Crippen molar-refractivity contribution in [2.45, 2.75) is 6.92 Å². The van der Waals surface area contributed by atoms with Gasteiger partial charge in [0.1, 0.15) is 0 Å². The van der Waals surface area contributed by atoms with Crippen molar-refractivity contribution in [1.29, 1.82) is 0 Å². The first-order valence-electron chi connectivity index (χ1n) is 9.34. The Hall–Kier alpha value is -3.84. The number of carbonyl (C=O) groups is 1. The van der Waals surface area contributed by atoms with Gasteiger partial charge in [-0.1, -0.05) is 41.2 Å². The van der Waals surface area contributed by atoms with Crippen LogP contribution in [0.4, 0.5) is 5.13 Å². The van der Waals surface area contributed by atoms with E-state index in [0.717, 1.165) is 26.9 Å². The van der Waals surface area contributed by atoms with Crippen LogP contribution in [0.15, 0.2) is 77.2 Å². The summed E-state index contributed by atoms with van der Waals surface area (Å²) in [5.74, 6) is 0.655. The summed E-state index contributed by atoms with van der Waals surface area (Å²) in [6, 6.07) is 22.7. The van der Waals surface area contributed by atoms with Crippen LogP contribution in [0.2, 0.25) is 0 Å². The third-order valence-corrected chi connectivity index (χ3v) is 5.55. The Bertz CT molecular complexity index is 1320. The average molecular weight is 412 g/mol. The van der Waals surface area contributed by atoms with Gasteiger partial charge in [-0.15, -0.1) is 10.2 Å². The van der Waals surface area contributed by atoms with Gasteiger partial charge < -0.3 is 4.42 Å². The SMILES string of the molecule is Cc1cccc(-c2nnc(-c3ccc(C(=O)Nc4nc5ccccc5s4)cc3)o2)c1. The van der Waals surface area contributed by atoms with Crippen molar-refractivity contribution < 1.29 is 9.21 Å². The molecule has 0 fully saturated rings. The van der Waals surface area contributed by atoms with E-state index in [2.05, 4.69) is 20.5 Å². The van der Waals surface area contributed by atoms with Crippen LogP contribution in [0, 0.1) is 6.92 Å². The minimum absolute atomic E-state index is 0.216. The lowest BCUT2D eigenvalue weighted by molar-refractivity contribution is 0.102. The molecule has 0 atom stereocenters. The number of fused-ring (bicyclic) bond motifs is 1. The zero-order valence-electron chi connectivity index (χ0n) is 16.0. The zero-order valence-corrected chi connectivity index (χ0v) is 16.8. The number of thiazole rings is 1. The number of aryl methyl sites for hydroxylation is 1. The molecule has 0 aliphatic heterocycles. The molecule has 0 spiro atoms. The first kappa shape index (κ1) is 18.2. The molecule has 146 valence electrons. The van der Waals surface area contributed by atoms with E-state index in [1.807, 2.05) is 55.5 Å². The molecule has 2 heterocycles. The summed E-state index contributed by atoms with van der Waals surface area (Å²) < 4.78 is 6.84. The zero-order chi connectivity index (χ0) is 20.5. The molecule has 1 amide bonds. The van der Waals surface area contributed by atoms with Crippen LogP contribution in [0.25, 0.3) is 33.1 Å². The van der Waals surface area contributed by atoms with Crippen molar-refractivity contribution in [2.75, 3.05) is 5.32 Å². The highest BCUT2D eigenvalue weighted by Crippen LogP contribution is 2.27. The maximum absolute atomic E-state index is 12.6. The Balaban J connectivity index is 1.33. The van der Waals surface area contributed by atoms with Crippen molar-refractivity contribution in [2.24, 2.45) is 0 Å². The molecule has 30 heavy (non-hydrogen) atoms. The fraction of sp³-hybridized carbons (Fsp3) is 0.0435. The molecule has 0 saturated carbocycles. The Morgan fingerprint density at radius 3 is 2.43 bits per heavy atom. The van der Waals surface area contributed by atoms with Gasteiger partial charge in [-0.05, 0) is 55.5 Å².